The molecule has 5 nitrogen and oxygen atoms in total. The molecule has 0 radical (unpaired) electrons. The molecule has 1 atom stereocenters. The maximum Gasteiger partial charge on any atom is 0.318 e. The Bertz CT molecular complexity index is 1020. The third-order valence-electron chi connectivity index (χ3n) is 5.33. The second-order valence-corrected chi connectivity index (χ2v) is 7.85. The number of aryl methyl sites for hydroxylation is 1. The zero-order chi connectivity index (χ0) is 21.5. The normalized spacial score (nSPS) is 15.1. The quantitative estimate of drug-likeness (QED) is 0.599. The van der Waals surface area contributed by atoms with E-state index in [1.54, 1.807) is 4.90 Å². The number of urea groups is 1. The van der Waals surface area contributed by atoms with Crippen molar-refractivity contribution >= 4 is 11.7 Å². The number of carbonyl (C=O) groups excluding carboxylic acids is 1. The van der Waals surface area contributed by atoms with Crippen LogP contribution < -0.4 is 5.32 Å². The number of nitrogens with zero attached hydrogens (tertiary/aromatic N) is 2. The fraction of sp³-hybridized carbons (Fsp3) is 0.231. The van der Waals surface area contributed by atoms with Crippen LogP contribution in [0.4, 0.5) is 4.79 Å². The second kappa shape index (κ2) is 9.94. The monoisotopic (exact) mass is 413 g/mol. The molecular formula is C26H27N3O2. The number of hydrogen-bond acceptors (Lipinski definition) is 3. The van der Waals surface area contributed by atoms with Crippen molar-refractivity contribution in [2.75, 3.05) is 6.54 Å². The van der Waals surface area contributed by atoms with Crippen molar-refractivity contribution in [3.8, 4) is 0 Å². The van der Waals surface area contributed by atoms with E-state index >= 15 is 0 Å². The van der Waals surface area contributed by atoms with Crippen LogP contribution in [0.3, 0.4) is 0 Å². The van der Waals surface area contributed by atoms with E-state index in [4.69, 9.17) is 4.84 Å². The predicted octanol–water partition coefficient (Wildman–Crippen LogP) is 4.90. The number of oxime groups is 1. The number of nitrogens with one attached hydrogen (secondary N) is 1. The van der Waals surface area contributed by atoms with Crippen LogP contribution in [0.15, 0.2) is 90.1 Å². The SMILES string of the molecule is Cc1ccc(C2=NOC(CN(Cc3ccccc3)C(=O)NCc3ccccc3)C2)cc1. The molecule has 1 aliphatic heterocycles. The van der Waals surface area contributed by atoms with E-state index < -0.39 is 0 Å². The lowest BCUT2D eigenvalue weighted by Gasteiger charge is -2.25. The van der Waals surface area contributed by atoms with Gasteiger partial charge in [0.05, 0.1) is 12.3 Å². The summed E-state index contributed by atoms with van der Waals surface area (Å²) in [6.07, 6.45) is 0.517. The van der Waals surface area contributed by atoms with Crippen molar-refractivity contribution in [3.05, 3.63) is 107 Å². The molecule has 5 heteroatoms. The van der Waals surface area contributed by atoms with Crippen molar-refractivity contribution in [2.24, 2.45) is 5.16 Å². The molecule has 1 N–H and O–H groups in total. The van der Waals surface area contributed by atoms with Crippen LogP contribution >= 0.6 is 0 Å². The summed E-state index contributed by atoms with van der Waals surface area (Å²) in [4.78, 5) is 20.5. The van der Waals surface area contributed by atoms with Crippen LogP contribution in [0.5, 0.6) is 0 Å². The summed E-state index contributed by atoms with van der Waals surface area (Å²) in [6.45, 7) is 3.53. The molecule has 0 fully saturated rings. The first kappa shape index (κ1) is 20.7. The molecule has 1 heterocycles. The summed E-state index contributed by atoms with van der Waals surface area (Å²) in [7, 11) is 0. The molecule has 0 aromatic heterocycles. The lowest BCUT2D eigenvalue weighted by atomic mass is 10.0. The van der Waals surface area contributed by atoms with Gasteiger partial charge in [-0.1, -0.05) is 95.6 Å². The molecule has 0 saturated heterocycles. The van der Waals surface area contributed by atoms with E-state index in [0.29, 0.717) is 26.1 Å². The van der Waals surface area contributed by atoms with Gasteiger partial charge in [0.25, 0.3) is 0 Å². The summed E-state index contributed by atoms with van der Waals surface area (Å²) in [5, 5.41) is 7.32. The Morgan fingerprint density at radius 1 is 0.968 bits per heavy atom. The van der Waals surface area contributed by atoms with Gasteiger partial charge in [0, 0.05) is 19.5 Å². The van der Waals surface area contributed by atoms with Gasteiger partial charge in [0.2, 0.25) is 0 Å². The Kier molecular flexibility index (Phi) is 6.62. The van der Waals surface area contributed by atoms with Crippen LogP contribution in [0.1, 0.15) is 28.7 Å². The first-order chi connectivity index (χ1) is 15.2. The van der Waals surface area contributed by atoms with Gasteiger partial charge < -0.3 is 15.1 Å². The van der Waals surface area contributed by atoms with Gasteiger partial charge in [0.1, 0.15) is 0 Å². The van der Waals surface area contributed by atoms with Gasteiger partial charge in [-0.25, -0.2) is 4.79 Å². The largest absolute Gasteiger partial charge is 0.390 e. The third kappa shape index (κ3) is 5.72. The first-order valence-electron chi connectivity index (χ1n) is 10.6. The van der Waals surface area contributed by atoms with Gasteiger partial charge in [-0.3, -0.25) is 0 Å². The molecule has 3 aromatic carbocycles. The van der Waals surface area contributed by atoms with Crippen LogP contribution in [0.2, 0.25) is 0 Å². The Balaban J connectivity index is 1.40. The molecule has 0 aliphatic carbocycles. The molecule has 1 unspecified atom stereocenters. The predicted molar refractivity (Wildman–Crippen MR) is 123 cm³/mol. The van der Waals surface area contributed by atoms with Crippen molar-refractivity contribution in [3.63, 3.8) is 0 Å². The molecule has 0 saturated carbocycles. The number of hydrogen-bond donors (Lipinski definition) is 1. The van der Waals surface area contributed by atoms with E-state index in [2.05, 4.69) is 41.7 Å². The number of amides is 2. The zero-order valence-corrected chi connectivity index (χ0v) is 17.7. The Hall–Kier alpha value is -3.60. The van der Waals surface area contributed by atoms with Gasteiger partial charge in [-0.05, 0) is 23.6 Å². The molecule has 158 valence electrons. The standard InChI is InChI=1S/C26H27N3O2/c1-20-12-14-23(15-13-20)25-16-24(31-28-25)19-29(18-22-10-6-3-7-11-22)26(30)27-17-21-8-4-2-5-9-21/h2-15,24H,16-19H2,1H3,(H,27,30). The van der Waals surface area contributed by atoms with Crippen LogP contribution in [0.25, 0.3) is 0 Å². The van der Waals surface area contributed by atoms with Gasteiger partial charge in [-0.2, -0.15) is 0 Å². The lowest BCUT2D eigenvalue weighted by molar-refractivity contribution is 0.0589. The molecule has 0 bridgehead atoms. The molecule has 3 aromatic rings. The maximum absolute atomic E-state index is 13.0. The minimum atomic E-state index is -0.164. The fourth-order valence-electron chi connectivity index (χ4n) is 3.60. The Morgan fingerprint density at radius 2 is 1.61 bits per heavy atom. The van der Waals surface area contributed by atoms with E-state index in [-0.39, 0.29) is 12.1 Å². The highest BCUT2D eigenvalue weighted by atomic mass is 16.6. The third-order valence-corrected chi connectivity index (χ3v) is 5.33. The van der Waals surface area contributed by atoms with E-state index in [1.165, 1.54) is 5.56 Å². The van der Waals surface area contributed by atoms with Crippen LogP contribution in [-0.2, 0) is 17.9 Å². The number of rotatable bonds is 7. The highest BCUT2D eigenvalue weighted by molar-refractivity contribution is 6.01. The summed E-state index contributed by atoms with van der Waals surface area (Å²) < 4.78 is 0. The van der Waals surface area contributed by atoms with Gasteiger partial charge in [-0.15, -0.1) is 0 Å². The second-order valence-electron chi connectivity index (χ2n) is 7.85. The number of benzene rings is 3. The topological polar surface area (TPSA) is 53.9 Å². The zero-order valence-electron chi connectivity index (χ0n) is 17.7. The van der Waals surface area contributed by atoms with E-state index in [0.717, 1.165) is 22.4 Å². The van der Waals surface area contributed by atoms with Crippen molar-refractivity contribution < 1.29 is 9.63 Å². The van der Waals surface area contributed by atoms with Crippen LogP contribution in [-0.4, -0.2) is 29.3 Å². The lowest BCUT2D eigenvalue weighted by Crippen LogP contribution is -2.43. The van der Waals surface area contributed by atoms with Crippen molar-refractivity contribution in [1.29, 1.82) is 0 Å². The summed E-state index contributed by atoms with van der Waals surface area (Å²) in [5.41, 5.74) is 5.35. The van der Waals surface area contributed by atoms with Crippen molar-refractivity contribution in [1.82, 2.24) is 10.2 Å². The molecule has 4 rings (SSSR count). The highest BCUT2D eigenvalue weighted by Gasteiger charge is 2.27. The highest BCUT2D eigenvalue weighted by Crippen LogP contribution is 2.19. The smallest absolute Gasteiger partial charge is 0.318 e. The Labute approximate surface area is 183 Å². The summed E-state index contributed by atoms with van der Waals surface area (Å²) in [6, 6.07) is 28.1. The number of carbonyl (C=O) groups is 1. The van der Waals surface area contributed by atoms with Gasteiger partial charge in [0.15, 0.2) is 6.10 Å². The summed E-state index contributed by atoms with van der Waals surface area (Å²) in [5.74, 6) is 0. The molecular weight excluding hydrogens is 386 g/mol. The molecule has 2 amide bonds. The van der Waals surface area contributed by atoms with Gasteiger partial charge >= 0.3 is 6.03 Å². The molecule has 31 heavy (non-hydrogen) atoms. The van der Waals surface area contributed by atoms with Crippen LogP contribution in [0, 0.1) is 6.92 Å². The minimum absolute atomic E-state index is 0.111. The fourth-order valence-corrected chi connectivity index (χ4v) is 3.60. The molecule has 1 aliphatic rings. The average Bonchev–Trinajstić information content (AvgIpc) is 3.27. The van der Waals surface area contributed by atoms with E-state index in [1.807, 2.05) is 60.7 Å². The Morgan fingerprint density at radius 3 is 2.29 bits per heavy atom. The van der Waals surface area contributed by atoms with E-state index in [9.17, 15) is 4.79 Å². The summed E-state index contributed by atoms with van der Waals surface area (Å²) >= 11 is 0. The minimum Gasteiger partial charge on any atom is -0.390 e. The first-order valence-corrected chi connectivity index (χ1v) is 10.6. The average molecular weight is 414 g/mol. The maximum atomic E-state index is 13.0. The van der Waals surface area contributed by atoms with Crippen molar-refractivity contribution in [2.45, 2.75) is 32.5 Å². The molecule has 0 spiro atoms.